The number of para-hydroxylation sites is 1. The van der Waals surface area contributed by atoms with Crippen LogP contribution in [0.5, 0.6) is 0 Å². The minimum absolute atomic E-state index is 0.732. The minimum atomic E-state index is 0.732. The van der Waals surface area contributed by atoms with Crippen molar-refractivity contribution in [2.24, 2.45) is 0 Å². The molecule has 0 bridgehead atoms. The van der Waals surface area contributed by atoms with Crippen molar-refractivity contribution in [1.29, 1.82) is 0 Å². The van der Waals surface area contributed by atoms with Crippen LogP contribution in [0.3, 0.4) is 0 Å². The molecule has 0 amide bonds. The Hall–Kier alpha value is -1.41. The van der Waals surface area contributed by atoms with Gasteiger partial charge in [0.1, 0.15) is 0 Å². The summed E-state index contributed by atoms with van der Waals surface area (Å²) in [4.78, 5) is 4.97. The van der Waals surface area contributed by atoms with Crippen LogP contribution in [0.15, 0.2) is 18.2 Å². The monoisotopic (exact) mass is 280 g/mol. The maximum Gasteiger partial charge on any atom is 0.0737 e. The van der Waals surface area contributed by atoms with Crippen molar-refractivity contribution >= 4 is 10.9 Å². The Morgan fingerprint density at radius 3 is 2.86 bits per heavy atom. The molecule has 0 spiro atoms. The van der Waals surface area contributed by atoms with E-state index >= 15 is 0 Å². The van der Waals surface area contributed by atoms with Gasteiger partial charge in [-0.25, -0.2) is 0 Å². The maximum absolute atomic E-state index is 4.97. The number of aryl methyl sites for hydroxylation is 2. The molecule has 1 aromatic carbocycles. The second-order valence-electron chi connectivity index (χ2n) is 6.70. The Balaban J connectivity index is 1.76. The first-order valence-corrected chi connectivity index (χ1v) is 8.46. The van der Waals surface area contributed by atoms with Crippen LogP contribution in [-0.2, 0) is 19.4 Å². The molecular formula is C19H24N2. The van der Waals surface area contributed by atoms with Crippen LogP contribution in [0, 0.1) is 6.92 Å². The smallest absolute Gasteiger partial charge is 0.0737 e. The Morgan fingerprint density at radius 1 is 1.14 bits per heavy atom. The van der Waals surface area contributed by atoms with Crippen molar-refractivity contribution in [2.75, 3.05) is 0 Å². The molecule has 0 radical (unpaired) electrons. The molecule has 1 aromatic heterocycles. The van der Waals surface area contributed by atoms with E-state index < -0.39 is 0 Å². The number of hydrogen-bond donors (Lipinski definition) is 1. The maximum atomic E-state index is 4.97. The topological polar surface area (TPSA) is 24.9 Å². The summed E-state index contributed by atoms with van der Waals surface area (Å²) in [5.74, 6) is 0. The largest absolute Gasteiger partial charge is 0.310 e. The zero-order valence-electron chi connectivity index (χ0n) is 12.9. The predicted octanol–water partition coefficient (Wildman–Crippen LogP) is 4.06. The van der Waals surface area contributed by atoms with E-state index in [4.69, 9.17) is 4.98 Å². The van der Waals surface area contributed by atoms with Gasteiger partial charge in [0, 0.05) is 23.7 Å². The van der Waals surface area contributed by atoms with Crippen molar-refractivity contribution in [2.45, 2.75) is 64.5 Å². The van der Waals surface area contributed by atoms with Crippen LogP contribution in [0.25, 0.3) is 10.9 Å². The lowest BCUT2D eigenvalue weighted by Crippen LogP contribution is -2.26. The summed E-state index contributed by atoms with van der Waals surface area (Å²) in [6.07, 6.45) is 9.14. The highest BCUT2D eigenvalue weighted by atomic mass is 14.9. The van der Waals surface area contributed by atoms with Gasteiger partial charge in [-0.05, 0) is 55.7 Å². The molecule has 21 heavy (non-hydrogen) atoms. The molecule has 4 rings (SSSR count). The molecule has 0 atom stereocenters. The SMILES string of the molecule is Cc1cccc2c(CNC3CCCC3)c3c(nc12)CCC3. The fraction of sp³-hybridized carbons (Fsp3) is 0.526. The van der Waals surface area contributed by atoms with E-state index in [-0.39, 0.29) is 0 Å². The number of pyridine rings is 1. The van der Waals surface area contributed by atoms with Crippen molar-refractivity contribution < 1.29 is 0 Å². The highest BCUT2D eigenvalue weighted by molar-refractivity contribution is 5.86. The zero-order valence-corrected chi connectivity index (χ0v) is 12.9. The number of aromatic nitrogens is 1. The van der Waals surface area contributed by atoms with E-state index in [1.165, 1.54) is 66.2 Å². The third-order valence-electron chi connectivity index (χ3n) is 5.29. The molecule has 2 aliphatic rings. The summed E-state index contributed by atoms with van der Waals surface area (Å²) in [5.41, 5.74) is 6.97. The number of nitrogens with one attached hydrogen (secondary N) is 1. The Labute approximate surface area is 127 Å². The van der Waals surface area contributed by atoms with Gasteiger partial charge in [0.25, 0.3) is 0 Å². The van der Waals surface area contributed by atoms with E-state index in [0.29, 0.717) is 0 Å². The number of nitrogens with zero attached hydrogens (tertiary/aromatic N) is 1. The van der Waals surface area contributed by atoms with Gasteiger partial charge >= 0.3 is 0 Å². The lowest BCUT2D eigenvalue weighted by molar-refractivity contribution is 0.524. The summed E-state index contributed by atoms with van der Waals surface area (Å²) in [6.45, 7) is 3.21. The van der Waals surface area contributed by atoms with Crippen molar-refractivity contribution in [1.82, 2.24) is 10.3 Å². The molecule has 2 aliphatic carbocycles. The Bertz CT molecular complexity index is 669. The molecule has 110 valence electrons. The molecule has 2 nitrogen and oxygen atoms in total. The first-order valence-electron chi connectivity index (χ1n) is 8.46. The minimum Gasteiger partial charge on any atom is -0.310 e. The molecule has 0 saturated heterocycles. The Kier molecular flexibility index (Phi) is 3.42. The number of rotatable bonds is 3. The second kappa shape index (κ2) is 5.42. The first kappa shape index (κ1) is 13.3. The average Bonchev–Trinajstić information content (AvgIpc) is 3.15. The second-order valence-corrected chi connectivity index (χ2v) is 6.70. The zero-order chi connectivity index (χ0) is 14.2. The van der Waals surface area contributed by atoms with E-state index in [0.717, 1.165) is 19.0 Å². The van der Waals surface area contributed by atoms with Gasteiger partial charge in [0.05, 0.1) is 5.52 Å². The van der Waals surface area contributed by atoms with Gasteiger partial charge < -0.3 is 5.32 Å². The average molecular weight is 280 g/mol. The van der Waals surface area contributed by atoms with Gasteiger partial charge in [0.2, 0.25) is 0 Å². The fourth-order valence-electron chi connectivity index (χ4n) is 4.10. The van der Waals surface area contributed by atoms with E-state index in [9.17, 15) is 0 Å². The molecular weight excluding hydrogens is 256 g/mol. The number of fused-ring (bicyclic) bond motifs is 2. The van der Waals surface area contributed by atoms with Gasteiger partial charge in [-0.3, -0.25) is 4.98 Å². The fourth-order valence-corrected chi connectivity index (χ4v) is 4.10. The van der Waals surface area contributed by atoms with E-state index in [1.807, 2.05) is 0 Å². The number of hydrogen-bond acceptors (Lipinski definition) is 2. The summed E-state index contributed by atoms with van der Waals surface area (Å²) in [7, 11) is 0. The molecule has 0 unspecified atom stereocenters. The van der Waals surface area contributed by atoms with E-state index in [2.05, 4.69) is 30.4 Å². The van der Waals surface area contributed by atoms with Crippen LogP contribution < -0.4 is 5.32 Å². The normalized spacial score (nSPS) is 18.5. The predicted molar refractivity (Wildman–Crippen MR) is 87.6 cm³/mol. The summed E-state index contributed by atoms with van der Waals surface area (Å²) in [5, 5.41) is 5.19. The highest BCUT2D eigenvalue weighted by Gasteiger charge is 2.21. The molecule has 2 heteroatoms. The van der Waals surface area contributed by atoms with Crippen molar-refractivity contribution in [3.63, 3.8) is 0 Å². The molecule has 1 N–H and O–H groups in total. The lowest BCUT2D eigenvalue weighted by atomic mass is 9.99. The lowest BCUT2D eigenvalue weighted by Gasteiger charge is -2.17. The molecule has 1 saturated carbocycles. The van der Waals surface area contributed by atoms with Crippen LogP contribution in [-0.4, -0.2) is 11.0 Å². The summed E-state index contributed by atoms with van der Waals surface area (Å²) < 4.78 is 0. The van der Waals surface area contributed by atoms with E-state index in [1.54, 1.807) is 5.56 Å². The van der Waals surface area contributed by atoms with Gasteiger partial charge in [-0.1, -0.05) is 31.0 Å². The molecule has 1 heterocycles. The van der Waals surface area contributed by atoms with Crippen LogP contribution >= 0.6 is 0 Å². The van der Waals surface area contributed by atoms with Gasteiger partial charge in [-0.15, -0.1) is 0 Å². The Morgan fingerprint density at radius 2 is 2.00 bits per heavy atom. The third kappa shape index (κ3) is 2.36. The molecule has 0 aliphatic heterocycles. The number of benzene rings is 1. The van der Waals surface area contributed by atoms with Crippen molar-refractivity contribution in [3.8, 4) is 0 Å². The standard InChI is InChI=1S/C19H24N2/c1-13-6-4-10-16-17(12-20-14-7-2-3-8-14)15-9-5-11-18(15)21-19(13)16/h4,6,10,14,20H,2-3,5,7-9,11-12H2,1H3. The third-order valence-corrected chi connectivity index (χ3v) is 5.29. The van der Waals surface area contributed by atoms with Crippen LogP contribution in [0.4, 0.5) is 0 Å². The summed E-state index contributed by atoms with van der Waals surface area (Å²) >= 11 is 0. The highest BCUT2D eigenvalue weighted by Crippen LogP contribution is 2.31. The first-order chi connectivity index (χ1) is 10.3. The molecule has 2 aromatic rings. The van der Waals surface area contributed by atoms with Crippen LogP contribution in [0.2, 0.25) is 0 Å². The van der Waals surface area contributed by atoms with Crippen molar-refractivity contribution in [3.05, 3.63) is 40.6 Å². The van der Waals surface area contributed by atoms with Crippen LogP contribution in [0.1, 0.15) is 54.5 Å². The molecule has 1 fully saturated rings. The van der Waals surface area contributed by atoms with Gasteiger partial charge in [-0.2, -0.15) is 0 Å². The summed E-state index contributed by atoms with van der Waals surface area (Å²) in [6, 6.07) is 7.36. The quantitative estimate of drug-likeness (QED) is 0.917. The van der Waals surface area contributed by atoms with Gasteiger partial charge in [0.15, 0.2) is 0 Å².